The number of hydrogen-bond acceptors (Lipinski definition) is 3. The first-order valence-electron chi connectivity index (χ1n) is 16.2. The summed E-state index contributed by atoms with van der Waals surface area (Å²) in [6.45, 7) is 0. The standard InChI is InChI=1S/C44H25O3P/c45-48-42-30-11-3-1-9-26(30)18-21-38(42)46-40-24-29(25-41(44(40)48)47-39-22-19-27-10-2-4-12-31(27)43(39)48)28-17-20-36-34-15-6-5-13-32(34)33-14-7-8-16-35(33)37(36)23-28/h1-25H. The highest BCUT2D eigenvalue weighted by Gasteiger charge is 2.48. The Kier molecular flexibility index (Phi) is 5.10. The van der Waals surface area contributed by atoms with Crippen molar-refractivity contribution in [3.8, 4) is 34.1 Å². The summed E-state index contributed by atoms with van der Waals surface area (Å²) in [6.07, 6.45) is 0. The van der Waals surface area contributed by atoms with E-state index < -0.39 is 7.14 Å². The highest BCUT2D eigenvalue weighted by atomic mass is 31.2. The largest absolute Gasteiger partial charge is 0.456 e. The average Bonchev–Trinajstić information content (AvgIpc) is 3.14. The van der Waals surface area contributed by atoms with Crippen molar-refractivity contribution in [2.24, 2.45) is 0 Å². The van der Waals surface area contributed by atoms with Crippen LogP contribution in [-0.4, -0.2) is 0 Å². The molecule has 2 heterocycles. The number of ether oxygens (including phenoxy) is 2. The molecule has 2 aliphatic rings. The van der Waals surface area contributed by atoms with Crippen LogP contribution < -0.4 is 25.4 Å². The predicted molar refractivity (Wildman–Crippen MR) is 199 cm³/mol. The Balaban J connectivity index is 1.21. The Bertz CT molecular complexity index is 2790. The average molecular weight is 633 g/mol. The highest BCUT2D eigenvalue weighted by molar-refractivity contribution is 7.87. The van der Waals surface area contributed by atoms with E-state index in [1.807, 2.05) is 48.5 Å². The molecule has 0 saturated carbocycles. The first-order valence-corrected chi connectivity index (χ1v) is 17.9. The van der Waals surface area contributed by atoms with Crippen molar-refractivity contribution in [3.05, 3.63) is 152 Å². The quantitative estimate of drug-likeness (QED) is 0.133. The SMILES string of the molecule is O=P12c3c(cc(-c4ccc5c6ccccc6c6ccccc6c5c4)cc3Oc3ccc4ccccc4c31)Oc1ccc3ccccc3c12. The van der Waals surface area contributed by atoms with E-state index in [0.29, 0.717) is 28.3 Å². The third kappa shape index (κ3) is 3.36. The van der Waals surface area contributed by atoms with Crippen molar-refractivity contribution >= 4 is 76.9 Å². The molecule has 0 radical (unpaired) electrons. The molecular weight excluding hydrogens is 607 g/mol. The number of hydrogen-bond donors (Lipinski definition) is 0. The first-order chi connectivity index (χ1) is 23.7. The zero-order valence-corrected chi connectivity index (χ0v) is 26.5. The normalized spacial score (nSPS) is 14.0. The lowest BCUT2D eigenvalue weighted by Gasteiger charge is -2.36. The lowest BCUT2D eigenvalue weighted by molar-refractivity contribution is 0.463. The fourth-order valence-electron chi connectivity index (χ4n) is 8.16. The van der Waals surface area contributed by atoms with E-state index in [4.69, 9.17) is 9.47 Å². The third-order valence-corrected chi connectivity index (χ3v) is 13.5. The second kappa shape index (κ2) is 9.35. The smallest absolute Gasteiger partial charge is 0.186 e. The molecule has 0 fully saturated rings. The summed E-state index contributed by atoms with van der Waals surface area (Å²) in [4.78, 5) is 0. The molecule has 0 aliphatic carbocycles. The van der Waals surface area contributed by atoms with Gasteiger partial charge in [0.25, 0.3) is 0 Å². The summed E-state index contributed by atoms with van der Waals surface area (Å²) < 4.78 is 29.8. The Labute approximate surface area is 276 Å². The fourth-order valence-corrected chi connectivity index (χ4v) is 11.6. The molecule has 9 aromatic carbocycles. The predicted octanol–water partition coefficient (Wildman–Crippen LogP) is 11.0. The molecule has 0 atom stereocenters. The summed E-state index contributed by atoms with van der Waals surface area (Å²) in [6, 6.07) is 52.3. The summed E-state index contributed by atoms with van der Waals surface area (Å²) in [7, 11) is -3.47. The summed E-state index contributed by atoms with van der Waals surface area (Å²) >= 11 is 0. The van der Waals surface area contributed by atoms with E-state index in [-0.39, 0.29) is 0 Å². The van der Waals surface area contributed by atoms with Crippen molar-refractivity contribution in [2.75, 3.05) is 0 Å². The number of benzene rings is 9. The molecule has 11 rings (SSSR count). The maximum atomic E-state index is 16.3. The molecule has 0 amide bonds. The van der Waals surface area contributed by atoms with Crippen LogP contribution in [-0.2, 0) is 4.57 Å². The van der Waals surface area contributed by atoms with Crippen LogP contribution in [0.2, 0.25) is 0 Å². The second-order valence-electron chi connectivity index (χ2n) is 12.8. The summed E-state index contributed by atoms with van der Waals surface area (Å²) in [5, 5.41) is 13.4. The van der Waals surface area contributed by atoms with Crippen molar-refractivity contribution in [1.29, 1.82) is 0 Å². The van der Waals surface area contributed by atoms with E-state index in [1.54, 1.807) is 0 Å². The van der Waals surface area contributed by atoms with Crippen LogP contribution in [0, 0.1) is 0 Å². The van der Waals surface area contributed by atoms with E-state index in [1.165, 1.54) is 32.3 Å². The maximum Gasteiger partial charge on any atom is 0.186 e. The summed E-state index contributed by atoms with van der Waals surface area (Å²) in [5.41, 5.74) is 1.99. The molecule has 0 bridgehead atoms. The van der Waals surface area contributed by atoms with Crippen LogP contribution in [0.3, 0.4) is 0 Å². The van der Waals surface area contributed by atoms with Gasteiger partial charge in [0.05, 0.1) is 10.6 Å². The van der Waals surface area contributed by atoms with E-state index >= 15 is 4.57 Å². The topological polar surface area (TPSA) is 35.5 Å². The summed E-state index contributed by atoms with van der Waals surface area (Å²) in [5.74, 6) is 2.42. The number of rotatable bonds is 1. The molecule has 224 valence electrons. The van der Waals surface area contributed by atoms with Gasteiger partial charge in [0.1, 0.15) is 28.3 Å². The Morgan fingerprint density at radius 3 is 1.29 bits per heavy atom. The van der Waals surface area contributed by atoms with Gasteiger partial charge in [-0.25, -0.2) is 0 Å². The monoisotopic (exact) mass is 632 g/mol. The van der Waals surface area contributed by atoms with Gasteiger partial charge < -0.3 is 14.0 Å². The Hall–Kier alpha value is -5.89. The first kappa shape index (κ1) is 26.2. The molecule has 0 N–H and O–H groups in total. The molecule has 48 heavy (non-hydrogen) atoms. The molecule has 3 nitrogen and oxygen atoms in total. The van der Waals surface area contributed by atoms with Gasteiger partial charge >= 0.3 is 0 Å². The van der Waals surface area contributed by atoms with Crippen LogP contribution in [0.15, 0.2) is 152 Å². The number of fused-ring (bicyclic) bond motifs is 14. The minimum Gasteiger partial charge on any atom is -0.456 e. The van der Waals surface area contributed by atoms with Crippen molar-refractivity contribution in [3.63, 3.8) is 0 Å². The maximum absolute atomic E-state index is 16.3. The van der Waals surface area contributed by atoms with Crippen LogP contribution in [0.4, 0.5) is 0 Å². The third-order valence-electron chi connectivity index (χ3n) is 10.2. The van der Waals surface area contributed by atoms with E-state index in [9.17, 15) is 0 Å². The van der Waals surface area contributed by atoms with Gasteiger partial charge in [0.2, 0.25) is 0 Å². The molecular formula is C44H25O3P. The fraction of sp³-hybridized carbons (Fsp3) is 0. The van der Waals surface area contributed by atoms with Crippen LogP contribution in [0.5, 0.6) is 23.0 Å². The minimum atomic E-state index is -3.47. The second-order valence-corrected chi connectivity index (χ2v) is 15.3. The zero-order valence-electron chi connectivity index (χ0n) is 25.6. The lowest BCUT2D eigenvalue weighted by Crippen LogP contribution is -2.35. The van der Waals surface area contributed by atoms with E-state index in [0.717, 1.165) is 43.3 Å². The Morgan fingerprint density at radius 1 is 0.333 bits per heavy atom. The van der Waals surface area contributed by atoms with Crippen LogP contribution in [0.25, 0.3) is 65.0 Å². The van der Waals surface area contributed by atoms with Gasteiger partial charge in [-0.2, -0.15) is 0 Å². The van der Waals surface area contributed by atoms with Crippen molar-refractivity contribution < 1.29 is 14.0 Å². The van der Waals surface area contributed by atoms with Crippen molar-refractivity contribution in [2.45, 2.75) is 0 Å². The van der Waals surface area contributed by atoms with Gasteiger partial charge in [0.15, 0.2) is 7.14 Å². The lowest BCUT2D eigenvalue weighted by atomic mass is 9.92. The highest BCUT2D eigenvalue weighted by Crippen LogP contribution is 2.61. The molecule has 9 aromatic rings. The van der Waals surface area contributed by atoms with Gasteiger partial charge in [-0.1, -0.05) is 121 Å². The van der Waals surface area contributed by atoms with E-state index in [2.05, 4.69) is 103 Å². The minimum absolute atomic E-state index is 0.579. The molecule has 0 unspecified atom stereocenters. The van der Waals surface area contributed by atoms with Gasteiger partial charge in [-0.3, -0.25) is 0 Å². The van der Waals surface area contributed by atoms with Gasteiger partial charge in [-0.05, 0) is 95.3 Å². The zero-order chi connectivity index (χ0) is 31.6. The Morgan fingerprint density at radius 2 is 0.771 bits per heavy atom. The molecule has 0 spiro atoms. The van der Waals surface area contributed by atoms with Crippen molar-refractivity contribution in [1.82, 2.24) is 0 Å². The molecule has 4 heteroatoms. The van der Waals surface area contributed by atoms with Crippen LogP contribution >= 0.6 is 7.14 Å². The van der Waals surface area contributed by atoms with Gasteiger partial charge in [-0.15, -0.1) is 0 Å². The van der Waals surface area contributed by atoms with Crippen LogP contribution in [0.1, 0.15) is 0 Å². The molecule has 0 saturated heterocycles. The molecule has 0 aromatic heterocycles. The van der Waals surface area contributed by atoms with Gasteiger partial charge in [0, 0.05) is 0 Å². The molecule has 2 aliphatic heterocycles.